The van der Waals surface area contributed by atoms with Gasteiger partial charge in [0.15, 0.2) is 5.65 Å². The number of hydrogen-bond donors (Lipinski definition) is 0. The predicted octanol–water partition coefficient (Wildman–Crippen LogP) is 8.15. The molecule has 1 aromatic carbocycles. The van der Waals surface area contributed by atoms with E-state index in [1.165, 1.54) is 31.4 Å². The molecular formula is C33H39N5. The van der Waals surface area contributed by atoms with Crippen LogP contribution in [0.3, 0.4) is 0 Å². The normalized spacial score (nSPS) is 14.8. The number of aromatic nitrogens is 4. The van der Waals surface area contributed by atoms with Crippen LogP contribution in [0, 0.1) is 0 Å². The second kappa shape index (κ2) is 12.2. The molecule has 4 aromatic rings. The first kappa shape index (κ1) is 25.9. The number of rotatable bonds is 10. The van der Waals surface area contributed by atoms with Gasteiger partial charge in [0, 0.05) is 59.4 Å². The molecule has 1 aliphatic rings. The van der Waals surface area contributed by atoms with Gasteiger partial charge in [-0.1, -0.05) is 81.8 Å². The van der Waals surface area contributed by atoms with Crippen LogP contribution in [0.5, 0.6) is 0 Å². The monoisotopic (exact) mass is 505 g/mol. The van der Waals surface area contributed by atoms with Crippen molar-refractivity contribution in [2.24, 2.45) is 0 Å². The molecular weight excluding hydrogens is 466 g/mol. The molecule has 0 atom stereocenters. The zero-order valence-corrected chi connectivity index (χ0v) is 22.8. The van der Waals surface area contributed by atoms with Gasteiger partial charge in [0.05, 0.1) is 17.6 Å². The SMILES string of the molecule is C=Cc1cn2ncc(-c3ccc(-c4ccccc4)nc3)c2nc1C1CCN(C(=CCC)CCCCC)CC1. The number of hydrogen-bond acceptors (Lipinski definition) is 4. The maximum Gasteiger partial charge on any atom is 0.163 e. The van der Waals surface area contributed by atoms with Crippen LogP contribution < -0.4 is 0 Å². The van der Waals surface area contributed by atoms with Gasteiger partial charge in [0.2, 0.25) is 0 Å². The summed E-state index contributed by atoms with van der Waals surface area (Å²) in [6.07, 6.45) is 18.7. The van der Waals surface area contributed by atoms with E-state index in [0.29, 0.717) is 5.92 Å². The summed E-state index contributed by atoms with van der Waals surface area (Å²) in [4.78, 5) is 12.6. The molecule has 1 saturated heterocycles. The van der Waals surface area contributed by atoms with Crippen LogP contribution in [0.2, 0.25) is 0 Å². The van der Waals surface area contributed by atoms with Gasteiger partial charge in [-0.3, -0.25) is 4.98 Å². The van der Waals surface area contributed by atoms with E-state index in [2.05, 4.69) is 67.0 Å². The molecule has 5 rings (SSSR count). The highest BCUT2D eigenvalue weighted by molar-refractivity contribution is 5.78. The molecule has 0 bridgehead atoms. The van der Waals surface area contributed by atoms with Crippen LogP contribution in [0.1, 0.15) is 76.0 Å². The van der Waals surface area contributed by atoms with E-state index >= 15 is 0 Å². The van der Waals surface area contributed by atoms with Crippen molar-refractivity contribution in [3.63, 3.8) is 0 Å². The minimum Gasteiger partial charge on any atom is -0.375 e. The fourth-order valence-corrected chi connectivity index (χ4v) is 5.58. The van der Waals surface area contributed by atoms with Crippen LogP contribution in [-0.4, -0.2) is 37.6 Å². The molecule has 0 amide bonds. The summed E-state index contributed by atoms with van der Waals surface area (Å²) < 4.78 is 1.88. The number of nitrogens with zero attached hydrogens (tertiary/aromatic N) is 5. The van der Waals surface area contributed by atoms with Gasteiger partial charge in [-0.05, 0) is 38.2 Å². The van der Waals surface area contributed by atoms with E-state index in [9.17, 15) is 0 Å². The lowest BCUT2D eigenvalue weighted by molar-refractivity contribution is 0.251. The lowest BCUT2D eigenvalue weighted by Crippen LogP contribution is -2.33. The van der Waals surface area contributed by atoms with Crippen molar-refractivity contribution >= 4 is 11.7 Å². The van der Waals surface area contributed by atoms with Crippen LogP contribution in [0.15, 0.2) is 79.4 Å². The van der Waals surface area contributed by atoms with E-state index in [1.807, 2.05) is 41.2 Å². The standard InChI is InChI=1S/C33H39N5/c1-4-7-9-15-29(12-5-2)37-20-18-27(19-21-37)32-25(6-3)24-38-33(36-32)30(23-35-38)28-16-17-31(34-22-28)26-13-10-8-11-14-26/h6,8,10-14,16-17,22-24,27H,3-5,7,9,15,18-21H2,1-2H3. The Kier molecular flexibility index (Phi) is 8.32. The maximum atomic E-state index is 5.22. The van der Waals surface area contributed by atoms with E-state index in [1.54, 1.807) is 0 Å². The second-order valence-electron chi connectivity index (χ2n) is 10.2. The van der Waals surface area contributed by atoms with E-state index in [0.717, 1.165) is 71.6 Å². The highest BCUT2D eigenvalue weighted by Crippen LogP contribution is 2.34. The third-order valence-corrected chi connectivity index (χ3v) is 7.68. The van der Waals surface area contributed by atoms with E-state index in [4.69, 9.17) is 9.97 Å². The molecule has 5 heteroatoms. The highest BCUT2D eigenvalue weighted by atomic mass is 15.2. The summed E-state index contributed by atoms with van der Waals surface area (Å²) in [6, 6.07) is 14.5. The molecule has 0 N–H and O–H groups in total. The summed E-state index contributed by atoms with van der Waals surface area (Å²) in [5, 5.41) is 4.62. The van der Waals surface area contributed by atoms with Crippen molar-refractivity contribution < 1.29 is 0 Å². The number of pyridine rings is 1. The molecule has 0 unspecified atom stereocenters. The van der Waals surface area contributed by atoms with Gasteiger partial charge in [-0.15, -0.1) is 0 Å². The number of fused-ring (bicyclic) bond motifs is 1. The smallest absolute Gasteiger partial charge is 0.163 e. The van der Waals surface area contributed by atoms with Crippen LogP contribution in [0.25, 0.3) is 34.1 Å². The zero-order valence-electron chi connectivity index (χ0n) is 22.8. The van der Waals surface area contributed by atoms with Crippen molar-refractivity contribution in [3.8, 4) is 22.4 Å². The van der Waals surface area contributed by atoms with Gasteiger partial charge in [0.25, 0.3) is 0 Å². The first-order valence-corrected chi connectivity index (χ1v) is 14.2. The van der Waals surface area contributed by atoms with Crippen molar-refractivity contribution in [3.05, 3.63) is 90.7 Å². The molecule has 3 aromatic heterocycles. The van der Waals surface area contributed by atoms with Gasteiger partial charge in [-0.2, -0.15) is 5.10 Å². The molecule has 0 aliphatic carbocycles. The Morgan fingerprint density at radius 1 is 1.00 bits per heavy atom. The molecule has 0 spiro atoms. The lowest BCUT2D eigenvalue weighted by Gasteiger charge is -2.35. The average Bonchev–Trinajstić information content (AvgIpc) is 3.39. The number of benzene rings is 1. The summed E-state index contributed by atoms with van der Waals surface area (Å²) >= 11 is 0. The quantitative estimate of drug-likeness (QED) is 0.204. The van der Waals surface area contributed by atoms with E-state index < -0.39 is 0 Å². The van der Waals surface area contributed by atoms with Crippen LogP contribution in [0.4, 0.5) is 0 Å². The van der Waals surface area contributed by atoms with E-state index in [-0.39, 0.29) is 0 Å². The van der Waals surface area contributed by atoms with Gasteiger partial charge in [-0.25, -0.2) is 9.50 Å². The predicted molar refractivity (Wildman–Crippen MR) is 158 cm³/mol. The van der Waals surface area contributed by atoms with Crippen molar-refractivity contribution in [1.82, 2.24) is 24.5 Å². The molecule has 0 saturated carbocycles. The second-order valence-corrected chi connectivity index (χ2v) is 10.2. The summed E-state index contributed by atoms with van der Waals surface area (Å²) in [5.41, 5.74) is 8.76. The topological polar surface area (TPSA) is 46.3 Å². The highest BCUT2D eigenvalue weighted by Gasteiger charge is 2.25. The van der Waals surface area contributed by atoms with Crippen molar-refractivity contribution in [2.75, 3.05) is 13.1 Å². The van der Waals surface area contributed by atoms with Crippen LogP contribution >= 0.6 is 0 Å². The molecule has 5 nitrogen and oxygen atoms in total. The lowest BCUT2D eigenvalue weighted by atomic mass is 9.90. The summed E-state index contributed by atoms with van der Waals surface area (Å²) in [5.74, 6) is 0.420. The van der Waals surface area contributed by atoms with Gasteiger partial charge in [0.1, 0.15) is 0 Å². The van der Waals surface area contributed by atoms with Gasteiger partial charge < -0.3 is 4.90 Å². The van der Waals surface area contributed by atoms with Gasteiger partial charge >= 0.3 is 0 Å². The molecule has 1 aliphatic heterocycles. The Morgan fingerprint density at radius 2 is 1.82 bits per heavy atom. The first-order valence-electron chi connectivity index (χ1n) is 14.2. The Balaban J connectivity index is 1.38. The fraction of sp³-hybridized carbons (Fsp3) is 0.364. The molecule has 38 heavy (non-hydrogen) atoms. The molecule has 0 radical (unpaired) electrons. The average molecular weight is 506 g/mol. The number of unbranched alkanes of at least 4 members (excludes halogenated alkanes) is 2. The minimum atomic E-state index is 0.420. The largest absolute Gasteiger partial charge is 0.375 e. The fourth-order valence-electron chi connectivity index (χ4n) is 5.58. The third-order valence-electron chi connectivity index (χ3n) is 7.68. The number of likely N-dealkylation sites (tertiary alicyclic amines) is 1. The Morgan fingerprint density at radius 3 is 2.50 bits per heavy atom. The Bertz CT molecular complexity index is 1380. The number of piperidine rings is 1. The first-order chi connectivity index (χ1) is 18.7. The minimum absolute atomic E-state index is 0.420. The molecule has 4 heterocycles. The summed E-state index contributed by atoms with van der Waals surface area (Å²) in [6.45, 7) is 10.8. The Labute approximate surface area is 227 Å². The van der Waals surface area contributed by atoms with Crippen LogP contribution in [-0.2, 0) is 0 Å². The number of allylic oxidation sites excluding steroid dienone is 2. The summed E-state index contributed by atoms with van der Waals surface area (Å²) in [7, 11) is 0. The molecule has 196 valence electrons. The zero-order chi connectivity index (χ0) is 26.3. The molecule has 1 fully saturated rings. The Hall–Kier alpha value is -3.73. The van der Waals surface area contributed by atoms with Crippen molar-refractivity contribution in [1.29, 1.82) is 0 Å². The maximum absolute atomic E-state index is 5.22. The van der Waals surface area contributed by atoms with Crippen molar-refractivity contribution in [2.45, 2.75) is 64.7 Å². The third kappa shape index (κ3) is 5.57.